The minimum absolute atomic E-state index is 0.317. The maximum atomic E-state index is 5.67. The molecule has 1 aliphatic carbocycles. The molecule has 0 saturated heterocycles. The molecule has 1 heterocycles. The summed E-state index contributed by atoms with van der Waals surface area (Å²) in [6.45, 7) is 3.06. The van der Waals surface area contributed by atoms with Gasteiger partial charge >= 0.3 is 0 Å². The molecule has 0 bridgehead atoms. The highest BCUT2D eigenvalue weighted by Gasteiger charge is 2.15. The van der Waals surface area contributed by atoms with Crippen LogP contribution >= 0.6 is 0 Å². The average Bonchev–Trinajstić information content (AvgIpc) is 2.79. The van der Waals surface area contributed by atoms with Gasteiger partial charge in [0.1, 0.15) is 5.82 Å². The van der Waals surface area contributed by atoms with Crippen LogP contribution in [0.2, 0.25) is 0 Å². The van der Waals surface area contributed by atoms with E-state index in [1.807, 2.05) is 0 Å². The number of aromatic nitrogens is 3. The number of hydrogen-bond acceptors (Lipinski definition) is 5. The maximum Gasteiger partial charge on any atom is 0.227 e. The molecule has 1 aromatic heterocycles. The van der Waals surface area contributed by atoms with Gasteiger partial charge in [0.25, 0.3) is 0 Å². The molecule has 0 radical (unpaired) electrons. The molecule has 1 fully saturated rings. The summed E-state index contributed by atoms with van der Waals surface area (Å²) in [7, 11) is 0. The Morgan fingerprint density at radius 3 is 2.71 bits per heavy atom. The van der Waals surface area contributed by atoms with Crippen LogP contribution in [0.15, 0.2) is 0 Å². The molecule has 0 aliphatic heterocycles. The zero-order valence-corrected chi connectivity index (χ0v) is 10.4. The second kappa shape index (κ2) is 5.80. The Bertz CT molecular complexity index is 360. The molecule has 17 heavy (non-hydrogen) atoms. The van der Waals surface area contributed by atoms with Crippen molar-refractivity contribution in [3.8, 4) is 0 Å². The Kier molecular flexibility index (Phi) is 4.12. The summed E-state index contributed by atoms with van der Waals surface area (Å²) in [6, 6.07) is 0. The third-order valence-electron chi connectivity index (χ3n) is 3.20. The summed E-state index contributed by atoms with van der Waals surface area (Å²) in [5.41, 5.74) is 5.67. The van der Waals surface area contributed by atoms with Crippen LogP contribution in [0.4, 0.5) is 11.9 Å². The molecule has 1 aliphatic rings. The molecule has 0 aromatic carbocycles. The maximum absolute atomic E-state index is 5.67. The zero-order chi connectivity index (χ0) is 12.1. The molecular formula is C12H21N5. The zero-order valence-electron chi connectivity index (χ0n) is 10.4. The van der Waals surface area contributed by atoms with Crippen molar-refractivity contribution in [2.75, 3.05) is 17.6 Å². The first-order valence-corrected chi connectivity index (χ1v) is 6.52. The minimum Gasteiger partial charge on any atom is -0.368 e. The average molecular weight is 235 g/mol. The third-order valence-corrected chi connectivity index (χ3v) is 3.20. The van der Waals surface area contributed by atoms with Gasteiger partial charge in [0, 0.05) is 13.0 Å². The first-order chi connectivity index (χ1) is 8.28. The molecule has 2 rings (SSSR count). The van der Waals surface area contributed by atoms with Crippen LogP contribution in [0.3, 0.4) is 0 Å². The lowest BCUT2D eigenvalue weighted by atomic mass is 10.1. The van der Waals surface area contributed by atoms with Gasteiger partial charge < -0.3 is 11.1 Å². The summed E-state index contributed by atoms with van der Waals surface area (Å²) in [5.74, 6) is 2.50. The SMILES string of the molecule is CCCc1nc(N)nc(NCC2CCCC2)n1. The fourth-order valence-electron chi connectivity index (χ4n) is 2.30. The topological polar surface area (TPSA) is 76.7 Å². The summed E-state index contributed by atoms with van der Waals surface area (Å²) in [4.78, 5) is 12.6. The molecule has 1 aromatic rings. The molecule has 1 saturated carbocycles. The van der Waals surface area contributed by atoms with Crippen LogP contribution in [-0.4, -0.2) is 21.5 Å². The minimum atomic E-state index is 0.317. The van der Waals surface area contributed by atoms with Crippen LogP contribution in [0, 0.1) is 5.92 Å². The molecular weight excluding hydrogens is 214 g/mol. The lowest BCUT2D eigenvalue weighted by Gasteiger charge is -2.11. The number of hydrogen-bond donors (Lipinski definition) is 2. The van der Waals surface area contributed by atoms with E-state index in [0.29, 0.717) is 11.9 Å². The first kappa shape index (κ1) is 12.1. The summed E-state index contributed by atoms with van der Waals surface area (Å²) >= 11 is 0. The predicted octanol–water partition coefficient (Wildman–Crippen LogP) is 2.01. The van der Waals surface area contributed by atoms with Gasteiger partial charge in [-0.25, -0.2) is 0 Å². The quantitative estimate of drug-likeness (QED) is 0.816. The molecule has 5 heteroatoms. The third kappa shape index (κ3) is 3.54. The lowest BCUT2D eigenvalue weighted by molar-refractivity contribution is 0.577. The highest BCUT2D eigenvalue weighted by molar-refractivity contribution is 5.31. The predicted molar refractivity (Wildman–Crippen MR) is 68.7 cm³/mol. The van der Waals surface area contributed by atoms with Crippen molar-refractivity contribution in [1.82, 2.24) is 15.0 Å². The lowest BCUT2D eigenvalue weighted by Crippen LogP contribution is -2.15. The Labute approximate surface area is 102 Å². The van der Waals surface area contributed by atoms with Crippen LogP contribution in [0.25, 0.3) is 0 Å². The van der Waals surface area contributed by atoms with Crippen molar-refractivity contribution < 1.29 is 0 Å². The fourth-order valence-corrected chi connectivity index (χ4v) is 2.30. The van der Waals surface area contributed by atoms with Gasteiger partial charge in [0.15, 0.2) is 0 Å². The molecule has 94 valence electrons. The van der Waals surface area contributed by atoms with Crippen molar-refractivity contribution in [3.05, 3.63) is 5.82 Å². The molecule has 5 nitrogen and oxygen atoms in total. The highest BCUT2D eigenvalue weighted by Crippen LogP contribution is 2.24. The Morgan fingerprint density at radius 2 is 2.00 bits per heavy atom. The van der Waals surface area contributed by atoms with E-state index in [0.717, 1.165) is 31.1 Å². The van der Waals surface area contributed by atoms with E-state index >= 15 is 0 Å². The molecule has 0 amide bonds. The van der Waals surface area contributed by atoms with E-state index in [1.54, 1.807) is 0 Å². The van der Waals surface area contributed by atoms with Crippen molar-refractivity contribution >= 4 is 11.9 Å². The van der Waals surface area contributed by atoms with Crippen LogP contribution in [0.1, 0.15) is 44.9 Å². The number of nitrogens with one attached hydrogen (secondary N) is 1. The number of anilines is 2. The number of rotatable bonds is 5. The largest absolute Gasteiger partial charge is 0.368 e. The van der Waals surface area contributed by atoms with E-state index in [-0.39, 0.29) is 0 Å². The van der Waals surface area contributed by atoms with Crippen molar-refractivity contribution in [2.24, 2.45) is 5.92 Å². The smallest absolute Gasteiger partial charge is 0.227 e. The Hall–Kier alpha value is -1.39. The molecule has 0 spiro atoms. The second-order valence-electron chi connectivity index (χ2n) is 4.71. The fraction of sp³-hybridized carbons (Fsp3) is 0.750. The van der Waals surface area contributed by atoms with E-state index in [1.165, 1.54) is 25.7 Å². The Morgan fingerprint density at radius 1 is 1.24 bits per heavy atom. The number of nitrogens with two attached hydrogens (primary N) is 1. The normalized spacial score (nSPS) is 16.3. The van der Waals surface area contributed by atoms with E-state index in [4.69, 9.17) is 5.73 Å². The Balaban J connectivity index is 1.94. The number of aryl methyl sites for hydroxylation is 1. The highest BCUT2D eigenvalue weighted by atomic mass is 15.2. The van der Waals surface area contributed by atoms with E-state index in [9.17, 15) is 0 Å². The molecule has 0 unspecified atom stereocenters. The number of nitrogen functional groups attached to an aromatic ring is 1. The van der Waals surface area contributed by atoms with Gasteiger partial charge in [0.2, 0.25) is 11.9 Å². The van der Waals surface area contributed by atoms with Gasteiger partial charge in [-0.3, -0.25) is 0 Å². The molecule has 3 N–H and O–H groups in total. The van der Waals surface area contributed by atoms with E-state index in [2.05, 4.69) is 27.2 Å². The van der Waals surface area contributed by atoms with Gasteiger partial charge in [-0.1, -0.05) is 19.8 Å². The first-order valence-electron chi connectivity index (χ1n) is 6.52. The van der Waals surface area contributed by atoms with E-state index < -0.39 is 0 Å². The van der Waals surface area contributed by atoms with Gasteiger partial charge in [-0.15, -0.1) is 0 Å². The summed E-state index contributed by atoms with van der Waals surface area (Å²) in [6.07, 6.45) is 7.21. The van der Waals surface area contributed by atoms with Crippen LogP contribution in [-0.2, 0) is 6.42 Å². The van der Waals surface area contributed by atoms with Crippen LogP contribution in [0.5, 0.6) is 0 Å². The molecule has 0 atom stereocenters. The van der Waals surface area contributed by atoms with Crippen molar-refractivity contribution in [2.45, 2.75) is 45.4 Å². The van der Waals surface area contributed by atoms with Crippen molar-refractivity contribution in [3.63, 3.8) is 0 Å². The number of nitrogens with zero attached hydrogens (tertiary/aromatic N) is 3. The van der Waals surface area contributed by atoms with Gasteiger partial charge in [0.05, 0.1) is 0 Å². The summed E-state index contributed by atoms with van der Waals surface area (Å²) in [5, 5.41) is 3.28. The van der Waals surface area contributed by atoms with Gasteiger partial charge in [-0.2, -0.15) is 15.0 Å². The van der Waals surface area contributed by atoms with Crippen LogP contribution < -0.4 is 11.1 Å². The standard InChI is InChI=1S/C12H21N5/c1-2-5-10-15-11(13)17-12(16-10)14-8-9-6-3-4-7-9/h9H,2-8H2,1H3,(H3,13,14,15,16,17). The monoisotopic (exact) mass is 235 g/mol. The van der Waals surface area contributed by atoms with Crippen molar-refractivity contribution in [1.29, 1.82) is 0 Å². The van der Waals surface area contributed by atoms with Gasteiger partial charge in [-0.05, 0) is 25.2 Å². The summed E-state index contributed by atoms with van der Waals surface area (Å²) < 4.78 is 0. The second-order valence-corrected chi connectivity index (χ2v) is 4.71.